The summed E-state index contributed by atoms with van der Waals surface area (Å²) in [7, 11) is 0. The highest BCUT2D eigenvalue weighted by Gasteiger charge is 2.29. The standard InChI is InChI=1S/C25H35FN4O2/c1-7-30(20-9-16(4)28-17(5)10-20)23-12-19(26)11-21(18(23)6)24(31)27-13-22-14(2)8-15(3)29-25(22)32/h8,11-12,16-17,20,28H,7,9-10,13H2,1-6H3,(H,27,31)(H,29,32)/t16-,17+,20?. The van der Waals surface area contributed by atoms with Gasteiger partial charge >= 0.3 is 0 Å². The third-order valence-electron chi connectivity index (χ3n) is 6.42. The van der Waals surface area contributed by atoms with Crippen LogP contribution >= 0.6 is 0 Å². The van der Waals surface area contributed by atoms with Gasteiger partial charge in [-0.15, -0.1) is 0 Å². The van der Waals surface area contributed by atoms with Crippen molar-refractivity contribution < 1.29 is 9.18 Å². The number of piperidine rings is 1. The van der Waals surface area contributed by atoms with Crippen LogP contribution in [-0.2, 0) is 6.54 Å². The monoisotopic (exact) mass is 442 g/mol. The molecule has 7 heteroatoms. The predicted octanol–water partition coefficient (Wildman–Crippen LogP) is 3.72. The van der Waals surface area contributed by atoms with Crippen LogP contribution in [0.3, 0.4) is 0 Å². The number of benzene rings is 1. The van der Waals surface area contributed by atoms with Crippen molar-refractivity contribution in [1.82, 2.24) is 15.6 Å². The summed E-state index contributed by atoms with van der Waals surface area (Å²) in [4.78, 5) is 30.2. The molecule has 174 valence electrons. The van der Waals surface area contributed by atoms with Gasteiger partial charge in [0.15, 0.2) is 0 Å². The minimum absolute atomic E-state index is 0.0897. The fourth-order valence-corrected chi connectivity index (χ4v) is 4.98. The third-order valence-corrected chi connectivity index (χ3v) is 6.42. The highest BCUT2D eigenvalue weighted by atomic mass is 19.1. The van der Waals surface area contributed by atoms with Crippen LogP contribution in [-0.4, -0.2) is 35.6 Å². The second-order valence-corrected chi connectivity index (χ2v) is 9.10. The number of pyridine rings is 1. The summed E-state index contributed by atoms with van der Waals surface area (Å²) in [5.41, 5.74) is 3.68. The van der Waals surface area contributed by atoms with Crippen molar-refractivity contribution in [3.8, 4) is 0 Å². The fraction of sp³-hybridized carbons (Fsp3) is 0.520. The molecule has 0 bridgehead atoms. The van der Waals surface area contributed by atoms with E-state index in [1.54, 1.807) is 0 Å². The molecule has 0 spiro atoms. The number of carbonyl (C=O) groups is 1. The number of aromatic amines is 1. The number of hydrogen-bond donors (Lipinski definition) is 3. The van der Waals surface area contributed by atoms with Gasteiger partial charge in [0.2, 0.25) is 0 Å². The minimum atomic E-state index is -0.436. The maximum absolute atomic E-state index is 14.6. The molecule has 2 aromatic rings. The van der Waals surface area contributed by atoms with E-state index in [-0.39, 0.29) is 24.1 Å². The van der Waals surface area contributed by atoms with E-state index in [1.807, 2.05) is 26.8 Å². The zero-order valence-electron chi connectivity index (χ0n) is 19.9. The first kappa shape index (κ1) is 24.0. The number of halogens is 1. The van der Waals surface area contributed by atoms with Crippen molar-refractivity contribution in [2.45, 2.75) is 79.1 Å². The molecule has 1 aliphatic rings. The summed E-state index contributed by atoms with van der Waals surface area (Å²) in [6.07, 6.45) is 1.93. The molecule has 0 radical (unpaired) electrons. The van der Waals surface area contributed by atoms with Crippen molar-refractivity contribution in [3.63, 3.8) is 0 Å². The Bertz CT molecular complexity index is 1040. The predicted molar refractivity (Wildman–Crippen MR) is 127 cm³/mol. The van der Waals surface area contributed by atoms with Crippen molar-refractivity contribution in [1.29, 1.82) is 0 Å². The number of amides is 1. The van der Waals surface area contributed by atoms with E-state index in [2.05, 4.69) is 41.3 Å². The Morgan fingerprint density at radius 3 is 2.41 bits per heavy atom. The Kier molecular flexibility index (Phi) is 7.39. The third kappa shape index (κ3) is 5.21. The van der Waals surface area contributed by atoms with Gasteiger partial charge in [0, 0.05) is 53.7 Å². The lowest BCUT2D eigenvalue weighted by Crippen LogP contribution is -2.51. The van der Waals surface area contributed by atoms with Gasteiger partial charge in [-0.2, -0.15) is 0 Å². The molecule has 1 unspecified atom stereocenters. The number of carbonyl (C=O) groups excluding carboxylic acids is 1. The highest BCUT2D eigenvalue weighted by Crippen LogP contribution is 2.30. The van der Waals surface area contributed by atoms with Gasteiger partial charge in [0.05, 0.1) is 0 Å². The Labute approximate surface area is 189 Å². The van der Waals surface area contributed by atoms with E-state index < -0.39 is 5.82 Å². The normalized spacial score (nSPS) is 20.8. The lowest BCUT2D eigenvalue weighted by Gasteiger charge is -2.41. The molecule has 2 heterocycles. The lowest BCUT2D eigenvalue weighted by atomic mass is 9.92. The average molecular weight is 443 g/mol. The SMILES string of the molecule is CCN(c1cc(F)cc(C(=O)NCc2c(C)cc(C)[nH]c2=O)c1C)C1C[C@@H](C)N[C@@H](C)C1. The molecule has 3 N–H and O–H groups in total. The average Bonchev–Trinajstić information content (AvgIpc) is 2.69. The molecule has 1 saturated heterocycles. The number of H-pyrrole nitrogens is 1. The van der Waals surface area contributed by atoms with E-state index in [1.165, 1.54) is 12.1 Å². The highest BCUT2D eigenvalue weighted by molar-refractivity contribution is 5.97. The number of aryl methyl sites for hydroxylation is 2. The topological polar surface area (TPSA) is 77.2 Å². The summed E-state index contributed by atoms with van der Waals surface area (Å²) in [6, 6.07) is 5.71. The van der Waals surface area contributed by atoms with E-state index in [9.17, 15) is 14.0 Å². The van der Waals surface area contributed by atoms with Gasteiger partial charge in [-0.3, -0.25) is 9.59 Å². The number of anilines is 1. The Morgan fingerprint density at radius 1 is 1.16 bits per heavy atom. The van der Waals surface area contributed by atoms with E-state index in [4.69, 9.17) is 0 Å². The molecule has 3 rings (SSSR count). The first-order valence-electron chi connectivity index (χ1n) is 11.4. The van der Waals surface area contributed by atoms with Gasteiger partial charge in [-0.05, 0) is 83.7 Å². The molecule has 0 saturated carbocycles. The van der Waals surface area contributed by atoms with Gasteiger partial charge in [-0.1, -0.05) is 0 Å². The van der Waals surface area contributed by atoms with Crippen molar-refractivity contribution in [3.05, 3.63) is 62.3 Å². The van der Waals surface area contributed by atoms with Gasteiger partial charge in [-0.25, -0.2) is 4.39 Å². The van der Waals surface area contributed by atoms with Gasteiger partial charge in [0.25, 0.3) is 11.5 Å². The maximum atomic E-state index is 14.6. The second-order valence-electron chi connectivity index (χ2n) is 9.10. The first-order chi connectivity index (χ1) is 15.1. The molecule has 1 aliphatic heterocycles. The Hall–Kier alpha value is -2.67. The van der Waals surface area contributed by atoms with Crippen LogP contribution in [0, 0.1) is 26.6 Å². The zero-order chi connectivity index (χ0) is 23.6. The Balaban J connectivity index is 1.87. The number of nitrogens with one attached hydrogen (secondary N) is 3. The maximum Gasteiger partial charge on any atom is 0.253 e. The molecule has 1 fully saturated rings. The van der Waals surface area contributed by atoms with Gasteiger partial charge < -0.3 is 20.5 Å². The summed E-state index contributed by atoms with van der Waals surface area (Å²) in [6.45, 7) is 12.7. The minimum Gasteiger partial charge on any atom is -0.368 e. The van der Waals surface area contributed by atoms with Crippen LogP contribution in [0.15, 0.2) is 23.0 Å². The summed E-state index contributed by atoms with van der Waals surface area (Å²) in [5, 5.41) is 6.36. The van der Waals surface area contributed by atoms with Crippen LogP contribution in [0.25, 0.3) is 0 Å². The molecule has 3 atom stereocenters. The first-order valence-corrected chi connectivity index (χ1v) is 11.4. The van der Waals surface area contributed by atoms with Crippen LogP contribution < -0.4 is 21.1 Å². The lowest BCUT2D eigenvalue weighted by molar-refractivity contribution is 0.0949. The van der Waals surface area contributed by atoms with Crippen LogP contribution in [0.2, 0.25) is 0 Å². The van der Waals surface area contributed by atoms with Crippen molar-refractivity contribution in [2.75, 3.05) is 11.4 Å². The summed E-state index contributed by atoms with van der Waals surface area (Å²) >= 11 is 0. The van der Waals surface area contributed by atoms with E-state index in [0.717, 1.165) is 41.9 Å². The summed E-state index contributed by atoms with van der Waals surface area (Å²) < 4.78 is 14.6. The quantitative estimate of drug-likeness (QED) is 0.637. The van der Waals surface area contributed by atoms with Gasteiger partial charge in [0.1, 0.15) is 5.82 Å². The van der Waals surface area contributed by atoms with E-state index >= 15 is 0 Å². The second kappa shape index (κ2) is 9.86. The molecule has 0 aliphatic carbocycles. The molecule has 6 nitrogen and oxygen atoms in total. The number of aromatic nitrogens is 1. The summed E-state index contributed by atoms with van der Waals surface area (Å²) in [5.74, 6) is -0.820. The molecule has 32 heavy (non-hydrogen) atoms. The van der Waals surface area contributed by atoms with Crippen molar-refractivity contribution in [2.24, 2.45) is 0 Å². The van der Waals surface area contributed by atoms with Crippen LogP contribution in [0.5, 0.6) is 0 Å². The van der Waals surface area contributed by atoms with Crippen molar-refractivity contribution >= 4 is 11.6 Å². The largest absolute Gasteiger partial charge is 0.368 e. The van der Waals surface area contributed by atoms with E-state index in [0.29, 0.717) is 23.2 Å². The molecular weight excluding hydrogens is 407 g/mol. The molecule has 1 aromatic heterocycles. The number of rotatable bonds is 6. The Morgan fingerprint density at radius 2 is 1.81 bits per heavy atom. The fourth-order valence-electron chi connectivity index (χ4n) is 4.98. The van der Waals surface area contributed by atoms with Crippen LogP contribution in [0.1, 0.15) is 66.4 Å². The molecule has 1 amide bonds. The zero-order valence-corrected chi connectivity index (χ0v) is 19.9. The smallest absolute Gasteiger partial charge is 0.253 e. The molecular formula is C25H35FN4O2. The van der Waals surface area contributed by atoms with Crippen LogP contribution in [0.4, 0.5) is 10.1 Å². The number of nitrogens with zero attached hydrogens (tertiary/aromatic N) is 1. The molecule has 1 aromatic carbocycles. The number of hydrogen-bond acceptors (Lipinski definition) is 4.